The first-order chi connectivity index (χ1) is 14.5. The predicted octanol–water partition coefficient (Wildman–Crippen LogP) is 4.50. The molecule has 0 aromatic heterocycles. The zero-order valence-electron chi connectivity index (χ0n) is 16.5. The lowest BCUT2D eigenvalue weighted by atomic mass is 10.0. The summed E-state index contributed by atoms with van der Waals surface area (Å²) in [7, 11) is 0. The lowest BCUT2D eigenvalue weighted by Gasteiger charge is -2.41. The van der Waals surface area contributed by atoms with E-state index in [1.165, 1.54) is 40.1 Å². The van der Waals surface area contributed by atoms with Gasteiger partial charge in [0.2, 0.25) is 0 Å². The minimum atomic E-state index is -0.735. The highest BCUT2D eigenvalue weighted by Gasteiger charge is 2.40. The van der Waals surface area contributed by atoms with E-state index in [4.69, 9.17) is 0 Å². The first-order valence-corrected chi connectivity index (χ1v) is 9.77. The molecule has 0 bridgehead atoms. The van der Waals surface area contributed by atoms with Gasteiger partial charge in [0.05, 0.1) is 17.9 Å². The van der Waals surface area contributed by atoms with Crippen LogP contribution in [0.25, 0.3) is 0 Å². The molecule has 3 aromatic rings. The van der Waals surface area contributed by atoms with Gasteiger partial charge in [0.25, 0.3) is 11.8 Å². The standard InChI is InChI=1S/C24H21FN2O3/c1-2-20-24(30)26(15-16-7-4-3-5-8-16)22-14-18(25)11-12-21(22)27(20)23(29)17-9-6-10-19(28)13-17/h3-14,20,28H,2,15H2,1H3/t20-/m1/s1. The van der Waals surface area contributed by atoms with Gasteiger partial charge in [0, 0.05) is 5.56 Å². The molecule has 0 aliphatic carbocycles. The molecule has 1 aliphatic heterocycles. The van der Waals surface area contributed by atoms with Crippen LogP contribution in [-0.2, 0) is 11.3 Å². The van der Waals surface area contributed by atoms with Gasteiger partial charge in [-0.3, -0.25) is 14.5 Å². The number of aromatic hydroxyl groups is 1. The van der Waals surface area contributed by atoms with Crippen LogP contribution >= 0.6 is 0 Å². The van der Waals surface area contributed by atoms with Crippen molar-refractivity contribution in [2.75, 3.05) is 9.80 Å². The number of nitrogens with zero attached hydrogens (tertiary/aromatic N) is 2. The molecule has 6 heteroatoms. The summed E-state index contributed by atoms with van der Waals surface area (Å²) >= 11 is 0. The maximum absolute atomic E-state index is 14.1. The zero-order chi connectivity index (χ0) is 21.3. The number of fused-ring (bicyclic) bond motifs is 1. The van der Waals surface area contributed by atoms with Gasteiger partial charge in [0.1, 0.15) is 17.6 Å². The van der Waals surface area contributed by atoms with Crippen LogP contribution in [0.3, 0.4) is 0 Å². The Balaban J connectivity index is 1.82. The molecule has 30 heavy (non-hydrogen) atoms. The maximum Gasteiger partial charge on any atom is 0.259 e. The zero-order valence-corrected chi connectivity index (χ0v) is 16.5. The summed E-state index contributed by atoms with van der Waals surface area (Å²) in [5, 5.41) is 9.78. The fourth-order valence-electron chi connectivity index (χ4n) is 3.81. The topological polar surface area (TPSA) is 60.9 Å². The Morgan fingerprint density at radius 2 is 1.77 bits per heavy atom. The number of benzene rings is 3. The lowest BCUT2D eigenvalue weighted by Crippen LogP contribution is -2.55. The molecule has 3 aromatic carbocycles. The van der Waals surface area contributed by atoms with Crippen LogP contribution in [0.4, 0.5) is 15.8 Å². The minimum absolute atomic E-state index is 0.0396. The molecular formula is C24H21FN2O3. The summed E-state index contributed by atoms with van der Waals surface area (Å²) in [5.41, 5.74) is 1.98. The van der Waals surface area contributed by atoms with Gasteiger partial charge in [-0.25, -0.2) is 4.39 Å². The summed E-state index contributed by atoms with van der Waals surface area (Å²) in [6.45, 7) is 2.11. The van der Waals surface area contributed by atoms with Gasteiger partial charge < -0.3 is 10.0 Å². The van der Waals surface area contributed by atoms with Crippen molar-refractivity contribution in [3.8, 4) is 5.75 Å². The summed E-state index contributed by atoms with van der Waals surface area (Å²) in [6, 6.07) is 18.8. The minimum Gasteiger partial charge on any atom is -0.508 e. The van der Waals surface area contributed by atoms with E-state index in [1.807, 2.05) is 37.3 Å². The average Bonchev–Trinajstić information content (AvgIpc) is 2.75. The smallest absolute Gasteiger partial charge is 0.259 e. The van der Waals surface area contributed by atoms with Gasteiger partial charge in [0.15, 0.2) is 0 Å². The SMILES string of the molecule is CC[C@@H]1C(=O)N(Cc2ccccc2)c2cc(F)ccc2N1C(=O)c1cccc(O)c1. The lowest BCUT2D eigenvalue weighted by molar-refractivity contribution is -0.120. The molecule has 0 saturated heterocycles. The number of amides is 2. The number of rotatable bonds is 4. The molecule has 4 rings (SSSR count). The van der Waals surface area contributed by atoms with Crippen LogP contribution in [0, 0.1) is 5.82 Å². The second kappa shape index (κ2) is 7.99. The number of phenols is 1. The molecule has 0 spiro atoms. The van der Waals surface area contributed by atoms with E-state index in [1.54, 1.807) is 12.1 Å². The normalized spacial score (nSPS) is 15.8. The highest BCUT2D eigenvalue weighted by molar-refractivity contribution is 6.17. The average molecular weight is 404 g/mol. The Labute approximate surface area is 174 Å². The van der Waals surface area contributed by atoms with E-state index in [-0.39, 0.29) is 23.8 Å². The molecule has 1 N–H and O–H groups in total. The highest BCUT2D eigenvalue weighted by atomic mass is 19.1. The summed E-state index contributed by atoms with van der Waals surface area (Å²) in [6.07, 6.45) is 0.394. The van der Waals surface area contributed by atoms with Gasteiger partial charge in [-0.05, 0) is 48.4 Å². The van der Waals surface area contributed by atoms with E-state index in [2.05, 4.69) is 0 Å². The molecule has 2 amide bonds. The molecule has 0 unspecified atom stereocenters. The van der Waals surface area contributed by atoms with Crippen LogP contribution in [0.1, 0.15) is 29.3 Å². The summed E-state index contributed by atoms with van der Waals surface area (Å²) in [5.74, 6) is -1.21. The van der Waals surface area contributed by atoms with E-state index in [0.717, 1.165) is 5.56 Å². The van der Waals surface area contributed by atoms with Crippen LogP contribution in [0.2, 0.25) is 0 Å². The van der Waals surface area contributed by atoms with Crippen molar-refractivity contribution in [2.24, 2.45) is 0 Å². The van der Waals surface area contributed by atoms with Gasteiger partial charge in [-0.2, -0.15) is 0 Å². The van der Waals surface area contributed by atoms with Crippen molar-refractivity contribution in [3.05, 3.63) is 89.7 Å². The Bertz CT molecular complexity index is 1100. The van der Waals surface area contributed by atoms with Gasteiger partial charge >= 0.3 is 0 Å². The second-order valence-corrected chi connectivity index (χ2v) is 7.19. The summed E-state index contributed by atoms with van der Waals surface area (Å²) in [4.78, 5) is 29.7. The molecule has 1 aliphatic rings. The number of halogens is 1. The van der Waals surface area contributed by atoms with Crippen molar-refractivity contribution in [3.63, 3.8) is 0 Å². The molecule has 0 radical (unpaired) electrons. The fourth-order valence-corrected chi connectivity index (χ4v) is 3.81. The van der Waals surface area contributed by atoms with Crippen LogP contribution in [-0.4, -0.2) is 23.0 Å². The maximum atomic E-state index is 14.1. The summed E-state index contributed by atoms with van der Waals surface area (Å²) < 4.78 is 14.1. The van der Waals surface area contributed by atoms with Crippen molar-refractivity contribution >= 4 is 23.2 Å². The second-order valence-electron chi connectivity index (χ2n) is 7.19. The van der Waals surface area contributed by atoms with E-state index >= 15 is 0 Å². The van der Waals surface area contributed by atoms with E-state index in [9.17, 15) is 19.1 Å². The first-order valence-electron chi connectivity index (χ1n) is 9.77. The Kier molecular flexibility index (Phi) is 5.23. The number of hydrogen-bond donors (Lipinski definition) is 1. The largest absolute Gasteiger partial charge is 0.508 e. The predicted molar refractivity (Wildman–Crippen MR) is 113 cm³/mol. The third-order valence-corrected chi connectivity index (χ3v) is 5.23. The van der Waals surface area contributed by atoms with Crippen molar-refractivity contribution in [1.82, 2.24) is 0 Å². The van der Waals surface area contributed by atoms with Crippen LogP contribution < -0.4 is 9.80 Å². The molecular weight excluding hydrogens is 383 g/mol. The van der Waals surface area contributed by atoms with Crippen molar-refractivity contribution in [2.45, 2.75) is 25.9 Å². The number of anilines is 2. The molecule has 152 valence electrons. The fraction of sp³-hybridized carbons (Fsp3) is 0.167. The molecule has 0 fully saturated rings. The van der Waals surface area contributed by atoms with Gasteiger partial charge in [-0.15, -0.1) is 0 Å². The highest BCUT2D eigenvalue weighted by Crippen LogP contribution is 2.39. The number of phenolic OH excluding ortho intramolecular Hbond substituents is 1. The van der Waals surface area contributed by atoms with Crippen molar-refractivity contribution in [1.29, 1.82) is 0 Å². The van der Waals surface area contributed by atoms with Crippen molar-refractivity contribution < 1.29 is 19.1 Å². The molecule has 5 nitrogen and oxygen atoms in total. The van der Waals surface area contributed by atoms with E-state index in [0.29, 0.717) is 17.8 Å². The number of carbonyl (C=O) groups excluding carboxylic acids is 2. The van der Waals surface area contributed by atoms with E-state index < -0.39 is 17.8 Å². The van der Waals surface area contributed by atoms with Crippen LogP contribution in [0.5, 0.6) is 5.75 Å². The molecule has 1 heterocycles. The Morgan fingerprint density at radius 3 is 2.47 bits per heavy atom. The first kappa shape index (κ1) is 19.6. The third-order valence-electron chi connectivity index (χ3n) is 5.23. The number of carbonyl (C=O) groups is 2. The molecule has 1 atom stereocenters. The quantitative estimate of drug-likeness (QED) is 0.696. The molecule has 0 saturated carbocycles. The Hall–Kier alpha value is -3.67. The van der Waals surface area contributed by atoms with Crippen LogP contribution in [0.15, 0.2) is 72.8 Å². The monoisotopic (exact) mass is 404 g/mol. The van der Waals surface area contributed by atoms with Gasteiger partial charge in [-0.1, -0.05) is 43.3 Å². The number of hydrogen-bond acceptors (Lipinski definition) is 3. The third kappa shape index (κ3) is 3.52. The Morgan fingerprint density at radius 1 is 1.00 bits per heavy atom.